The number of morpholine rings is 1. The van der Waals surface area contributed by atoms with Crippen molar-refractivity contribution >= 4 is 46.1 Å². The number of nitrogens with zero attached hydrogens (tertiary/aromatic N) is 3. The van der Waals surface area contributed by atoms with Gasteiger partial charge in [0.05, 0.1) is 29.0 Å². The van der Waals surface area contributed by atoms with Crippen LogP contribution in [-0.2, 0) is 16.1 Å². The van der Waals surface area contributed by atoms with E-state index >= 15 is 0 Å². The zero-order valence-corrected chi connectivity index (χ0v) is 19.1. The van der Waals surface area contributed by atoms with E-state index in [0.717, 1.165) is 40.5 Å². The topological polar surface area (TPSA) is 67.4 Å². The van der Waals surface area contributed by atoms with Crippen molar-refractivity contribution in [3.63, 3.8) is 0 Å². The third kappa shape index (κ3) is 5.47. The maximum absolute atomic E-state index is 12.5. The summed E-state index contributed by atoms with van der Waals surface area (Å²) in [6.45, 7) is 6.00. The van der Waals surface area contributed by atoms with Crippen molar-refractivity contribution in [3.05, 3.63) is 59.1 Å². The SMILES string of the molecule is CC1CN(c2nc3ccccc3nc2SCC(=O)NCc2ccccc2Cl)CC(C)O1. The molecule has 2 unspecified atom stereocenters. The average Bonchev–Trinajstić information content (AvgIpc) is 2.76. The minimum absolute atomic E-state index is 0.0745. The van der Waals surface area contributed by atoms with E-state index < -0.39 is 0 Å². The van der Waals surface area contributed by atoms with Crippen LogP contribution >= 0.6 is 23.4 Å². The van der Waals surface area contributed by atoms with Gasteiger partial charge in [-0.1, -0.05) is 53.7 Å². The summed E-state index contributed by atoms with van der Waals surface area (Å²) in [6, 6.07) is 15.3. The van der Waals surface area contributed by atoms with Crippen LogP contribution in [0.4, 0.5) is 5.82 Å². The van der Waals surface area contributed by atoms with Crippen molar-refractivity contribution in [3.8, 4) is 0 Å². The van der Waals surface area contributed by atoms with E-state index in [0.29, 0.717) is 11.6 Å². The number of thioether (sulfide) groups is 1. The highest BCUT2D eigenvalue weighted by atomic mass is 35.5. The number of rotatable bonds is 6. The molecule has 1 aliphatic rings. The Kier molecular flexibility index (Phi) is 6.95. The van der Waals surface area contributed by atoms with Crippen LogP contribution in [0, 0.1) is 0 Å². The Morgan fingerprint density at radius 3 is 2.45 bits per heavy atom. The summed E-state index contributed by atoms with van der Waals surface area (Å²) in [4.78, 5) is 24.4. The molecule has 2 atom stereocenters. The molecule has 4 rings (SSSR count). The molecular formula is C23H25ClN4O2S. The van der Waals surface area contributed by atoms with E-state index in [2.05, 4.69) is 24.1 Å². The lowest BCUT2D eigenvalue weighted by Gasteiger charge is -2.36. The highest BCUT2D eigenvalue weighted by Crippen LogP contribution is 2.31. The van der Waals surface area contributed by atoms with Gasteiger partial charge in [0.25, 0.3) is 0 Å². The van der Waals surface area contributed by atoms with E-state index in [1.165, 1.54) is 11.8 Å². The average molecular weight is 457 g/mol. The van der Waals surface area contributed by atoms with Crippen molar-refractivity contribution in [2.24, 2.45) is 0 Å². The van der Waals surface area contributed by atoms with Crippen LogP contribution in [0.15, 0.2) is 53.6 Å². The van der Waals surface area contributed by atoms with Crippen LogP contribution in [0.1, 0.15) is 19.4 Å². The van der Waals surface area contributed by atoms with E-state index in [-0.39, 0.29) is 23.9 Å². The number of hydrogen-bond acceptors (Lipinski definition) is 6. The number of carbonyl (C=O) groups excluding carboxylic acids is 1. The fourth-order valence-corrected chi connectivity index (χ4v) is 4.69. The summed E-state index contributed by atoms with van der Waals surface area (Å²) in [6.07, 6.45) is 0.211. The van der Waals surface area contributed by atoms with Gasteiger partial charge in [0, 0.05) is 24.7 Å². The van der Waals surface area contributed by atoms with Crippen LogP contribution in [0.3, 0.4) is 0 Å². The number of halogens is 1. The summed E-state index contributed by atoms with van der Waals surface area (Å²) in [5.74, 6) is 0.985. The highest BCUT2D eigenvalue weighted by molar-refractivity contribution is 8.00. The number of anilines is 1. The first-order valence-corrected chi connectivity index (χ1v) is 11.7. The number of hydrogen-bond donors (Lipinski definition) is 1. The molecule has 8 heteroatoms. The second-order valence-electron chi connectivity index (χ2n) is 7.66. The molecule has 2 aromatic carbocycles. The molecule has 1 aliphatic heterocycles. The minimum Gasteiger partial charge on any atom is -0.372 e. The van der Waals surface area contributed by atoms with Crippen molar-refractivity contribution < 1.29 is 9.53 Å². The van der Waals surface area contributed by atoms with Gasteiger partial charge in [-0.15, -0.1) is 0 Å². The Morgan fingerprint density at radius 2 is 1.74 bits per heavy atom. The molecule has 2 heterocycles. The number of para-hydroxylation sites is 2. The van der Waals surface area contributed by atoms with Gasteiger partial charge in [-0.25, -0.2) is 9.97 Å². The third-order valence-electron chi connectivity index (χ3n) is 5.01. The molecule has 1 fully saturated rings. The minimum atomic E-state index is -0.0745. The maximum atomic E-state index is 12.5. The molecule has 1 aromatic heterocycles. The predicted molar refractivity (Wildman–Crippen MR) is 126 cm³/mol. The lowest BCUT2D eigenvalue weighted by molar-refractivity contribution is -0.118. The predicted octanol–water partition coefficient (Wildman–Crippen LogP) is 4.31. The third-order valence-corrected chi connectivity index (χ3v) is 6.34. The van der Waals surface area contributed by atoms with Gasteiger partial charge >= 0.3 is 0 Å². The van der Waals surface area contributed by atoms with E-state index in [1.807, 2.05) is 48.5 Å². The molecule has 0 aliphatic carbocycles. The van der Waals surface area contributed by atoms with Gasteiger partial charge in [0.1, 0.15) is 5.03 Å². The lowest BCUT2D eigenvalue weighted by atomic mass is 10.2. The summed E-state index contributed by atoms with van der Waals surface area (Å²) >= 11 is 7.58. The van der Waals surface area contributed by atoms with Crippen molar-refractivity contribution in [1.82, 2.24) is 15.3 Å². The zero-order valence-electron chi connectivity index (χ0n) is 17.5. The Morgan fingerprint density at radius 1 is 1.10 bits per heavy atom. The van der Waals surface area contributed by atoms with Crippen molar-refractivity contribution in [2.45, 2.75) is 37.6 Å². The quantitative estimate of drug-likeness (QED) is 0.557. The summed E-state index contributed by atoms with van der Waals surface area (Å²) < 4.78 is 5.88. The van der Waals surface area contributed by atoms with E-state index in [4.69, 9.17) is 26.3 Å². The maximum Gasteiger partial charge on any atom is 0.230 e. The number of carbonyl (C=O) groups is 1. The van der Waals surface area contributed by atoms with E-state index in [9.17, 15) is 4.79 Å². The standard InChI is InChI=1S/C23H25ClN4O2S/c1-15-12-28(13-16(2)30-15)22-23(27-20-10-6-5-9-19(20)26-22)31-14-21(29)25-11-17-7-3-4-8-18(17)24/h3-10,15-16H,11-14H2,1-2H3,(H,25,29). The first kappa shape index (κ1) is 21.9. The highest BCUT2D eigenvalue weighted by Gasteiger charge is 2.26. The summed E-state index contributed by atoms with van der Waals surface area (Å²) in [5.41, 5.74) is 2.56. The van der Waals surface area contributed by atoms with Crippen LogP contribution in [0.25, 0.3) is 11.0 Å². The molecule has 0 radical (unpaired) electrons. The lowest BCUT2D eigenvalue weighted by Crippen LogP contribution is -2.46. The molecule has 3 aromatic rings. The molecule has 0 saturated carbocycles. The number of ether oxygens (including phenoxy) is 1. The number of fused-ring (bicyclic) bond motifs is 1. The first-order chi connectivity index (χ1) is 15.0. The smallest absolute Gasteiger partial charge is 0.230 e. The molecule has 0 spiro atoms. The van der Waals surface area contributed by atoms with Crippen molar-refractivity contribution in [1.29, 1.82) is 0 Å². The largest absolute Gasteiger partial charge is 0.372 e. The summed E-state index contributed by atoms with van der Waals surface area (Å²) in [5, 5.41) is 4.34. The number of nitrogens with one attached hydrogen (secondary N) is 1. The van der Waals surface area contributed by atoms with Gasteiger partial charge in [0.15, 0.2) is 5.82 Å². The van der Waals surface area contributed by atoms with Gasteiger partial charge < -0.3 is 15.0 Å². The first-order valence-electron chi connectivity index (χ1n) is 10.3. The molecule has 1 amide bonds. The molecule has 1 saturated heterocycles. The van der Waals surface area contributed by atoms with Gasteiger partial charge in [-0.2, -0.15) is 0 Å². The second-order valence-corrected chi connectivity index (χ2v) is 9.03. The second kappa shape index (κ2) is 9.85. The molecular weight excluding hydrogens is 432 g/mol. The molecule has 31 heavy (non-hydrogen) atoms. The Bertz CT molecular complexity index is 1070. The van der Waals surface area contributed by atoms with E-state index in [1.54, 1.807) is 0 Å². The monoisotopic (exact) mass is 456 g/mol. The number of benzene rings is 2. The fraction of sp³-hybridized carbons (Fsp3) is 0.348. The van der Waals surface area contributed by atoms with Crippen LogP contribution in [0.2, 0.25) is 5.02 Å². The molecule has 1 N–H and O–H groups in total. The van der Waals surface area contributed by atoms with Gasteiger partial charge in [0.2, 0.25) is 5.91 Å². The van der Waals surface area contributed by atoms with Gasteiger partial charge in [-0.3, -0.25) is 4.79 Å². The number of amides is 1. The Labute approximate surface area is 191 Å². The van der Waals surface area contributed by atoms with Crippen LogP contribution in [0.5, 0.6) is 0 Å². The van der Waals surface area contributed by atoms with Crippen LogP contribution in [-0.4, -0.2) is 46.9 Å². The van der Waals surface area contributed by atoms with Crippen molar-refractivity contribution in [2.75, 3.05) is 23.7 Å². The normalized spacial score (nSPS) is 18.9. The van der Waals surface area contributed by atoms with Gasteiger partial charge in [-0.05, 0) is 37.6 Å². The zero-order chi connectivity index (χ0) is 21.8. The molecule has 0 bridgehead atoms. The Balaban J connectivity index is 1.50. The number of aromatic nitrogens is 2. The summed E-state index contributed by atoms with van der Waals surface area (Å²) in [7, 11) is 0. The van der Waals surface area contributed by atoms with Crippen LogP contribution < -0.4 is 10.2 Å². The Hall–Kier alpha value is -2.35. The fourth-order valence-electron chi connectivity index (χ4n) is 3.65. The molecule has 162 valence electrons. The molecule has 6 nitrogen and oxygen atoms in total.